The Morgan fingerprint density at radius 3 is 2.44 bits per heavy atom. The van der Waals surface area contributed by atoms with E-state index in [2.05, 4.69) is 5.32 Å². The van der Waals surface area contributed by atoms with Gasteiger partial charge in [-0.15, -0.1) is 11.3 Å². The predicted molar refractivity (Wildman–Crippen MR) is 125 cm³/mol. The topological polar surface area (TPSA) is 73.1 Å². The van der Waals surface area contributed by atoms with Crippen LogP contribution in [0, 0.1) is 26.6 Å². The van der Waals surface area contributed by atoms with Gasteiger partial charge in [-0.25, -0.2) is 9.18 Å². The largest absolute Gasteiger partial charge is 0.332 e. The first-order valence-corrected chi connectivity index (χ1v) is 11.0. The number of nitrogens with one attached hydrogen (secondary N) is 1. The molecule has 1 N–H and O–H groups in total. The molecule has 0 unspecified atom stereocenters. The molecule has 0 aliphatic carbocycles. The van der Waals surface area contributed by atoms with E-state index >= 15 is 0 Å². The fraction of sp³-hybridized carbons (Fsp3) is 0.208. The lowest BCUT2D eigenvalue weighted by Crippen LogP contribution is -2.41. The Labute approximate surface area is 187 Å². The first-order chi connectivity index (χ1) is 15.2. The third kappa shape index (κ3) is 4.13. The van der Waals surface area contributed by atoms with Crippen molar-refractivity contribution >= 4 is 33.1 Å². The molecule has 32 heavy (non-hydrogen) atoms. The maximum atomic E-state index is 13.8. The first kappa shape index (κ1) is 21.7. The van der Waals surface area contributed by atoms with E-state index in [1.165, 1.54) is 22.0 Å². The van der Waals surface area contributed by atoms with E-state index in [1.54, 1.807) is 30.5 Å². The zero-order valence-corrected chi connectivity index (χ0v) is 18.8. The molecule has 2 heterocycles. The Hall–Kier alpha value is -3.52. The van der Waals surface area contributed by atoms with Crippen LogP contribution in [-0.2, 0) is 17.9 Å². The summed E-state index contributed by atoms with van der Waals surface area (Å²) in [5.41, 5.74) is 3.25. The molecule has 0 radical (unpaired) electrons. The molecular weight excluding hydrogens is 429 g/mol. The third-order valence-electron chi connectivity index (χ3n) is 5.51. The second-order valence-electron chi connectivity index (χ2n) is 7.83. The average Bonchev–Trinajstić information content (AvgIpc) is 3.24. The number of hydrogen-bond donors (Lipinski definition) is 1. The van der Waals surface area contributed by atoms with Gasteiger partial charge in [0.1, 0.15) is 17.1 Å². The van der Waals surface area contributed by atoms with Crippen LogP contribution in [0.4, 0.5) is 10.1 Å². The number of carbonyl (C=O) groups excluding carboxylic acids is 1. The van der Waals surface area contributed by atoms with Crippen LogP contribution in [0.1, 0.15) is 22.3 Å². The zero-order chi connectivity index (χ0) is 23.0. The molecule has 0 spiro atoms. The van der Waals surface area contributed by atoms with Gasteiger partial charge < -0.3 is 5.32 Å². The monoisotopic (exact) mass is 451 g/mol. The van der Waals surface area contributed by atoms with E-state index in [1.807, 2.05) is 32.0 Å². The number of fused-ring (bicyclic) bond motifs is 1. The van der Waals surface area contributed by atoms with Crippen LogP contribution in [-0.4, -0.2) is 15.0 Å². The van der Waals surface area contributed by atoms with E-state index in [4.69, 9.17) is 0 Å². The molecule has 1 amide bonds. The summed E-state index contributed by atoms with van der Waals surface area (Å²) in [7, 11) is 0. The smallest absolute Gasteiger partial charge is 0.324 e. The summed E-state index contributed by atoms with van der Waals surface area (Å²) in [5.74, 6) is -0.915. The minimum absolute atomic E-state index is 0.109. The van der Waals surface area contributed by atoms with Gasteiger partial charge in [-0.3, -0.25) is 18.7 Å². The SMILES string of the molecule is Cc1ccc(Cn2c(=O)c3sccc3n(CC(=O)Nc3ccc(C)c(F)c3)c2=O)cc1C. The highest BCUT2D eigenvalue weighted by Gasteiger charge is 2.17. The van der Waals surface area contributed by atoms with Crippen molar-refractivity contribution in [3.8, 4) is 0 Å². The fourth-order valence-corrected chi connectivity index (χ4v) is 4.37. The van der Waals surface area contributed by atoms with Crippen LogP contribution in [0.2, 0.25) is 0 Å². The van der Waals surface area contributed by atoms with Gasteiger partial charge in [-0.05, 0) is 66.6 Å². The normalized spacial score (nSPS) is 11.1. The van der Waals surface area contributed by atoms with Crippen molar-refractivity contribution in [2.24, 2.45) is 0 Å². The molecule has 0 aliphatic heterocycles. The molecular formula is C24H22FN3O3S. The number of halogens is 1. The zero-order valence-electron chi connectivity index (χ0n) is 17.9. The van der Waals surface area contributed by atoms with Crippen LogP contribution in [0.3, 0.4) is 0 Å². The number of carbonyl (C=O) groups is 1. The second-order valence-corrected chi connectivity index (χ2v) is 8.74. The number of rotatable bonds is 5. The number of hydrogen-bond acceptors (Lipinski definition) is 4. The first-order valence-electron chi connectivity index (χ1n) is 10.1. The van der Waals surface area contributed by atoms with Gasteiger partial charge >= 0.3 is 5.69 Å². The Balaban J connectivity index is 1.71. The summed E-state index contributed by atoms with van der Waals surface area (Å²) < 4.78 is 16.6. The lowest BCUT2D eigenvalue weighted by atomic mass is 10.1. The molecule has 4 aromatic rings. The summed E-state index contributed by atoms with van der Waals surface area (Å²) in [5, 5.41) is 4.34. The fourth-order valence-electron chi connectivity index (χ4n) is 3.52. The van der Waals surface area contributed by atoms with E-state index in [9.17, 15) is 18.8 Å². The van der Waals surface area contributed by atoms with Gasteiger partial charge in [0, 0.05) is 5.69 Å². The minimum atomic E-state index is -0.565. The Morgan fingerprint density at radius 1 is 0.969 bits per heavy atom. The van der Waals surface area contributed by atoms with Gasteiger partial charge in [0.2, 0.25) is 5.91 Å². The van der Waals surface area contributed by atoms with E-state index < -0.39 is 17.4 Å². The molecule has 0 saturated carbocycles. The highest BCUT2D eigenvalue weighted by molar-refractivity contribution is 7.17. The Bertz CT molecular complexity index is 1470. The van der Waals surface area contributed by atoms with Gasteiger partial charge in [0.05, 0.1) is 12.1 Å². The van der Waals surface area contributed by atoms with E-state index in [-0.39, 0.29) is 18.6 Å². The number of nitrogens with zero attached hydrogens (tertiary/aromatic N) is 2. The van der Waals surface area contributed by atoms with E-state index in [0.29, 0.717) is 21.5 Å². The molecule has 0 aliphatic rings. The molecule has 0 saturated heterocycles. The highest BCUT2D eigenvalue weighted by Crippen LogP contribution is 2.17. The molecule has 2 aromatic heterocycles. The quantitative estimate of drug-likeness (QED) is 0.499. The van der Waals surface area contributed by atoms with Crippen molar-refractivity contribution in [2.75, 3.05) is 5.32 Å². The molecule has 0 atom stereocenters. The maximum absolute atomic E-state index is 13.8. The maximum Gasteiger partial charge on any atom is 0.332 e. The summed E-state index contributed by atoms with van der Waals surface area (Å²) in [6.07, 6.45) is 0. The number of anilines is 1. The molecule has 164 valence electrons. The number of thiophene rings is 1. The van der Waals surface area contributed by atoms with Crippen molar-refractivity contribution in [3.05, 3.63) is 96.8 Å². The lowest BCUT2D eigenvalue weighted by Gasteiger charge is -2.13. The third-order valence-corrected chi connectivity index (χ3v) is 6.40. The van der Waals surface area contributed by atoms with Crippen molar-refractivity contribution < 1.29 is 9.18 Å². The number of aryl methyl sites for hydroxylation is 3. The van der Waals surface area contributed by atoms with Crippen LogP contribution < -0.4 is 16.6 Å². The number of benzene rings is 2. The predicted octanol–water partition coefficient (Wildman–Crippen LogP) is 3.98. The summed E-state index contributed by atoms with van der Waals surface area (Å²) >= 11 is 1.23. The second kappa shape index (κ2) is 8.55. The van der Waals surface area contributed by atoms with Crippen LogP contribution in [0.25, 0.3) is 10.2 Å². The van der Waals surface area contributed by atoms with Gasteiger partial charge in [0.15, 0.2) is 0 Å². The standard InChI is InChI=1S/C24H22FN3O3S/c1-14-4-6-17(10-16(14)3)12-28-23(30)22-20(8-9-32-22)27(24(28)31)13-21(29)26-18-7-5-15(2)19(25)11-18/h4-11H,12-13H2,1-3H3,(H,26,29). The summed E-state index contributed by atoms with van der Waals surface area (Å²) in [4.78, 5) is 38.9. The number of amides is 1. The lowest BCUT2D eigenvalue weighted by molar-refractivity contribution is -0.116. The highest BCUT2D eigenvalue weighted by atomic mass is 32.1. The van der Waals surface area contributed by atoms with Crippen LogP contribution in [0.15, 0.2) is 57.4 Å². The average molecular weight is 452 g/mol. The van der Waals surface area contributed by atoms with Crippen molar-refractivity contribution in [1.82, 2.24) is 9.13 Å². The Kier molecular flexibility index (Phi) is 5.80. The molecule has 4 rings (SSSR count). The Morgan fingerprint density at radius 2 is 1.72 bits per heavy atom. The van der Waals surface area contributed by atoms with Gasteiger partial charge in [-0.2, -0.15) is 0 Å². The molecule has 0 bridgehead atoms. The molecule has 0 fully saturated rings. The van der Waals surface area contributed by atoms with E-state index in [0.717, 1.165) is 21.3 Å². The molecule has 8 heteroatoms. The van der Waals surface area contributed by atoms with Crippen LogP contribution in [0.5, 0.6) is 0 Å². The summed E-state index contributed by atoms with van der Waals surface area (Å²) in [6, 6.07) is 11.8. The van der Waals surface area contributed by atoms with Crippen molar-refractivity contribution in [3.63, 3.8) is 0 Å². The molecule has 2 aromatic carbocycles. The van der Waals surface area contributed by atoms with Crippen molar-refractivity contribution in [1.29, 1.82) is 0 Å². The minimum Gasteiger partial charge on any atom is -0.324 e. The molecule has 6 nitrogen and oxygen atoms in total. The number of aromatic nitrogens is 2. The van der Waals surface area contributed by atoms with Crippen molar-refractivity contribution in [2.45, 2.75) is 33.9 Å². The van der Waals surface area contributed by atoms with Crippen LogP contribution >= 0.6 is 11.3 Å². The van der Waals surface area contributed by atoms with Gasteiger partial charge in [-0.1, -0.05) is 24.3 Å². The summed E-state index contributed by atoms with van der Waals surface area (Å²) in [6.45, 7) is 5.41. The van der Waals surface area contributed by atoms with Gasteiger partial charge in [0.25, 0.3) is 5.56 Å².